The molecule has 0 saturated carbocycles. The first-order valence-corrected chi connectivity index (χ1v) is 4.40. The van der Waals surface area contributed by atoms with E-state index in [0.29, 0.717) is 5.56 Å². The Kier molecular flexibility index (Phi) is 3.42. The molecule has 0 aromatic heterocycles. The molecule has 0 spiro atoms. The van der Waals surface area contributed by atoms with Crippen molar-refractivity contribution in [3.05, 3.63) is 47.5 Å². The number of aryl methyl sites for hydroxylation is 1. The molecular weight excluding hydrogens is 176 g/mol. The fourth-order valence-corrected chi connectivity index (χ4v) is 1.27. The van der Waals surface area contributed by atoms with Crippen LogP contribution in [0.1, 0.15) is 21.5 Å². The fourth-order valence-electron chi connectivity index (χ4n) is 1.27. The summed E-state index contributed by atoms with van der Waals surface area (Å²) in [5, 5.41) is 0. The van der Waals surface area contributed by atoms with Crippen molar-refractivity contribution >= 4 is 5.91 Å². The predicted octanol–water partition coefficient (Wildman–Crippen LogP) is 1.33. The number of hydrogen-bond acceptors (Lipinski definition) is 2. The topological polar surface area (TPSA) is 55.1 Å². The van der Waals surface area contributed by atoms with E-state index in [-0.39, 0.29) is 5.91 Å². The largest absolute Gasteiger partial charge is 0.290 e. The van der Waals surface area contributed by atoms with Crippen molar-refractivity contribution in [3.63, 3.8) is 0 Å². The molecule has 0 aliphatic carbocycles. The zero-order valence-electron chi connectivity index (χ0n) is 8.21. The van der Waals surface area contributed by atoms with E-state index in [0.717, 1.165) is 17.5 Å². The Balaban J connectivity index is 3.05. The monoisotopic (exact) mass is 190 g/mol. The Morgan fingerprint density at radius 2 is 2.36 bits per heavy atom. The van der Waals surface area contributed by atoms with Gasteiger partial charge in [0, 0.05) is 5.56 Å². The second kappa shape index (κ2) is 4.58. The minimum atomic E-state index is -0.268. The van der Waals surface area contributed by atoms with Gasteiger partial charge in [0.15, 0.2) is 0 Å². The maximum atomic E-state index is 11.2. The van der Waals surface area contributed by atoms with E-state index in [1.165, 1.54) is 0 Å². The van der Waals surface area contributed by atoms with Crippen LogP contribution in [0.4, 0.5) is 0 Å². The minimum absolute atomic E-state index is 0.268. The van der Waals surface area contributed by atoms with Gasteiger partial charge in [-0.2, -0.15) is 0 Å². The number of hydrogen-bond donors (Lipinski definition) is 2. The van der Waals surface area contributed by atoms with E-state index in [4.69, 9.17) is 5.84 Å². The molecule has 0 radical (unpaired) electrons. The highest BCUT2D eigenvalue weighted by Crippen LogP contribution is 2.12. The molecule has 1 aromatic rings. The summed E-state index contributed by atoms with van der Waals surface area (Å²) in [6.07, 6.45) is 2.57. The Morgan fingerprint density at radius 1 is 1.64 bits per heavy atom. The molecule has 14 heavy (non-hydrogen) atoms. The highest BCUT2D eigenvalue weighted by molar-refractivity contribution is 5.94. The number of carbonyl (C=O) groups excluding carboxylic acids is 1. The van der Waals surface area contributed by atoms with Crippen LogP contribution in [-0.4, -0.2) is 5.91 Å². The predicted molar refractivity (Wildman–Crippen MR) is 56.7 cm³/mol. The summed E-state index contributed by atoms with van der Waals surface area (Å²) in [6, 6.07) is 5.49. The van der Waals surface area contributed by atoms with Crippen LogP contribution in [0.2, 0.25) is 0 Å². The lowest BCUT2D eigenvalue weighted by Gasteiger charge is -2.05. The van der Waals surface area contributed by atoms with E-state index < -0.39 is 0 Å². The van der Waals surface area contributed by atoms with Crippen molar-refractivity contribution in [1.82, 2.24) is 5.43 Å². The van der Waals surface area contributed by atoms with Gasteiger partial charge >= 0.3 is 0 Å². The van der Waals surface area contributed by atoms with E-state index in [1.807, 2.05) is 25.1 Å². The lowest BCUT2D eigenvalue weighted by molar-refractivity contribution is 0.0953. The number of nitrogens with one attached hydrogen (secondary N) is 1. The summed E-state index contributed by atoms with van der Waals surface area (Å²) in [5.41, 5.74) is 4.93. The third-order valence-electron chi connectivity index (χ3n) is 2.11. The number of nitrogens with two attached hydrogens (primary N) is 1. The van der Waals surface area contributed by atoms with E-state index in [2.05, 4.69) is 12.0 Å². The molecule has 0 heterocycles. The van der Waals surface area contributed by atoms with E-state index >= 15 is 0 Å². The highest BCUT2D eigenvalue weighted by atomic mass is 16.2. The van der Waals surface area contributed by atoms with Gasteiger partial charge in [0.1, 0.15) is 0 Å². The standard InChI is InChI=1S/C11H14N2O/c1-3-4-9-7-10(11(14)13-12)6-5-8(9)2/h3,5-7H,1,4,12H2,2H3,(H,13,14). The lowest BCUT2D eigenvalue weighted by atomic mass is 10.0. The van der Waals surface area contributed by atoms with Gasteiger partial charge in [-0.25, -0.2) is 5.84 Å². The average molecular weight is 190 g/mol. The molecule has 0 saturated heterocycles. The summed E-state index contributed by atoms with van der Waals surface area (Å²) in [7, 11) is 0. The van der Waals surface area contributed by atoms with Gasteiger partial charge < -0.3 is 0 Å². The molecule has 1 amide bonds. The number of allylic oxidation sites excluding steroid dienone is 1. The van der Waals surface area contributed by atoms with E-state index in [1.54, 1.807) is 6.07 Å². The summed E-state index contributed by atoms with van der Waals surface area (Å²) in [4.78, 5) is 11.2. The normalized spacial score (nSPS) is 9.57. The first-order chi connectivity index (χ1) is 6.69. The molecule has 0 unspecified atom stereocenters. The third kappa shape index (κ3) is 2.20. The van der Waals surface area contributed by atoms with Crippen LogP contribution in [0.15, 0.2) is 30.9 Å². The van der Waals surface area contributed by atoms with Gasteiger partial charge in [0.05, 0.1) is 0 Å². The molecule has 1 rings (SSSR count). The molecule has 0 atom stereocenters. The smallest absolute Gasteiger partial charge is 0.265 e. The van der Waals surface area contributed by atoms with Crippen LogP contribution in [0, 0.1) is 6.92 Å². The molecule has 1 aromatic carbocycles. The Morgan fingerprint density at radius 3 is 2.93 bits per heavy atom. The Labute approximate surface area is 83.6 Å². The van der Waals surface area contributed by atoms with Crippen LogP contribution in [0.3, 0.4) is 0 Å². The summed E-state index contributed by atoms with van der Waals surface area (Å²) in [6.45, 7) is 5.67. The number of carbonyl (C=O) groups is 1. The van der Waals surface area contributed by atoms with Gasteiger partial charge in [0.2, 0.25) is 0 Å². The van der Waals surface area contributed by atoms with Gasteiger partial charge in [-0.1, -0.05) is 12.1 Å². The summed E-state index contributed by atoms with van der Waals surface area (Å²) >= 11 is 0. The number of amides is 1. The molecule has 0 bridgehead atoms. The van der Waals surface area contributed by atoms with Crippen molar-refractivity contribution in [3.8, 4) is 0 Å². The maximum Gasteiger partial charge on any atom is 0.265 e. The summed E-state index contributed by atoms with van der Waals surface area (Å²) in [5.74, 6) is 4.78. The molecule has 0 fully saturated rings. The number of rotatable bonds is 3. The zero-order valence-corrected chi connectivity index (χ0v) is 8.21. The second-order valence-electron chi connectivity index (χ2n) is 3.11. The van der Waals surface area contributed by atoms with Crippen molar-refractivity contribution in [1.29, 1.82) is 0 Å². The first-order valence-electron chi connectivity index (χ1n) is 4.40. The number of nitrogen functional groups attached to an aromatic ring is 1. The van der Waals surface area contributed by atoms with Crippen molar-refractivity contribution < 1.29 is 4.79 Å². The average Bonchev–Trinajstić information content (AvgIpc) is 2.20. The molecule has 3 N–H and O–H groups in total. The van der Waals surface area contributed by atoms with Crippen LogP contribution in [-0.2, 0) is 6.42 Å². The van der Waals surface area contributed by atoms with Crippen LogP contribution < -0.4 is 11.3 Å². The number of benzene rings is 1. The van der Waals surface area contributed by atoms with Crippen LogP contribution in [0.5, 0.6) is 0 Å². The van der Waals surface area contributed by atoms with Crippen LogP contribution in [0.25, 0.3) is 0 Å². The van der Waals surface area contributed by atoms with Crippen molar-refractivity contribution in [2.24, 2.45) is 5.84 Å². The van der Waals surface area contributed by atoms with Gasteiger partial charge in [-0.3, -0.25) is 10.2 Å². The molecule has 3 nitrogen and oxygen atoms in total. The van der Waals surface area contributed by atoms with Crippen molar-refractivity contribution in [2.75, 3.05) is 0 Å². The molecular formula is C11H14N2O. The van der Waals surface area contributed by atoms with Gasteiger partial charge in [0.25, 0.3) is 5.91 Å². The molecule has 0 aliphatic heterocycles. The third-order valence-corrected chi connectivity index (χ3v) is 2.11. The second-order valence-corrected chi connectivity index (χ2v) is 3.11. The SMILES string of the molecule is C=CCc1cc(C(=O)NN)ccc1C. The van der Waals surface area contributed by atoms with Gasteiger partial charge in [-0.05, 0) is 36.6 Å². The van der Waals surface area contributed by atoms with Crippen molar-refractivity contribution in [2.45, 2.75) is 13.3 Å². The quantitative estimate of drug-likeness (QED) is 0.327. The van der Waals surface area contributed by atoms with Gasteiger partial charge in [-0.15, -0.1) is 6.58 Å². The molecule has 0 aliphatic rings. The zero-order chi connectivity index (χ0) is 10.6. The fraction of sp³-hybridized carbons (Fsp3) is 0.182. The molecule has 74 valence electrons. The first kappa shape index (κ1) is 10.5. The summed E-state index contributed by atoms with van der Waals surface area (Å²) < 4.78 is 0. The Bertz CT molecular complexity index is 358. The van der Waals surface area contributed by atoms with E-state index in [9.17, 15) is 4.79 Å². The maximum absolute atomic E-state index is 11.2. The Hall–Kier alpha value is -1.61. The highest BCUT2D eigenvalue weighted by Gasteiger charge is 2.05. The molecule has 3 heteroatoms. The van der Waals surface area contributed by atoms with Crippen LogP contribution >= 0.6 is 0 Å². The number of hydrazine groups is 1. The minimum Gasteiger partial charge on any atom is -0.290 e. The lowest BCUT2D eigenvalue weighted by Crippen LogP contribution is -2.30.